The van der Waals surface area contributed by atoms with Crippen LogP contribution >= 0.6 is 0 Å². The van der Waals surface area contributed by atoms with Crippen LogP contribution in [0.4, 0.5) is 11.4 Å². The maximum atomic E-state index is 5.31. The molecule has 1 aliphatic rings. The zero-order valence-electron chi connectivity index (χ0n) is 9.32. The van der Waals surface area contributed by atoms with Gasteiger partial charge < -0.3 is 14.7 Å². The predicted octanol–water partition coefficient (Wildman–Crippen LogP) is 2.33. The Morgan fingerprint density at radius 2 is 2.25 bits per heavy atom. The summed E-state index contributed by atoms with van der Waals surface area (Å²) in [4.78, 5) is 2.07. The van der Waals surface area contributed by atoms with Crippen molar-refractivity contribution < 1.29 is 4.52 Å². The molecule has 0 saturated heterocycles. The lowest BCUT2D eigenvalue weighted by Crippen LogP contribution is -2.11. The Hall–Kier alpha value is -1.97. The summed E-state index contributed by atoms with van der Waals surface area (Å²) >= 11 is 0. The van der Waals surface area contributed by atoms with Crippen molar-refractivity contribution in [3.8, 4) is 11.3 Å². The second-order valence-corrected chi connectivity index (χ2v) is 4.16. The van der Waals surface area contributed by atoms with Crippen molar-refractivity contribution in [2.24, 2.45) is 0 Å². The molecule has 1 aromatic carbocycles. The van der Waals surface area contributed by atoms with Crippen molar-refractivity contribution in [2.45, 2.75) is 6.54 Å². The first-order valence-electron chi connectivity index (χ1n) is 5.25. The molecule has 4 nitrogen and oxygen atoms in total. The number of anilines is 2. The number of hydrogen-bond acceptors (Lipinski definition) is 4. The zero-order chi connectivity index (χ0) is 11.1. The number of hydrogen-bond donors (Lipinski definition) is 1. The van der Waals surface area contributed by atoms with Gasteiger partial charge in [0, 0.05) is 43.1 Å². The van der Waals surface area contributed by atoms with E-state index in [4.69, 9.17) is 4.52 Å². The summed E-state index contributed by atoms with van der Waals surface area (Å²) in [5, 5.41) is 7.20. The van der Waals surface area contributed by atoms with Gasteiger partial charge in [-0.2, -0.15) is 0 Å². The first kappa shape index (κ1) is 9.27. The molecular formula is C12H13N3O. The maximum Gasteiger partial charge on any atom is 0.173 e. The van der Waals surface area contributed by atoms with Gasteiger partial charge in [-0.3, -0.25) is 0 Å². The molecule has 82 valence electrons. The van der Waals surface area contributed by atoms with Gasteiger partial charge in [-0.15, -0.1) is 0 Å². The van der Waals surface area contributed by atoms with Crippen LogP contribution in [0.15, 0.2) is 28.9 Å². The third-order valence-electron chi connectivity index (χ3n) is 2.88. The van der Waals surface area contributed by atoms with Gasteiger partial charge in [-0.25, -0.2) is 0 Å². The molecule has 0 unspecified atom stereocenters. The molecule has 0 fully saturated rings. The van der Waals surface area contributed by atoms with Gasteiger partial charge in [0.2, 0.25) is 0 Å². The minimum Gasteiger partial charge on any atom is -0.380 e. The predicted molar refractivity (Wildman–Crippen MR) is 63.6 cm³/mol. The molecule has 16 heavy (non-hydrogen) atoms. The summed E-state index contributed by atoms with van der Waals surface area (Å²) < 4.78 is 5.31. The van der Waals surface area contributed by atoms with Crippen LogP contribution in [0.3, 0.4) is 0 Å². The summed E-state index contributed by atoms with van der Waals surface area (Å²) in [5.41, 5.74) is 4.47. The number of rotatable bonds is 1. The van der Waals surface area contributed by atoms with Crippen LogP contribution in [0.1, 0.15) is 5.56 Å². The fraction of sp³-hybridized carbons (Fsp3) is 0.250. The smallest absolute Gasteiger partial charge is 0.173 e. The van der Waals surface area contributed by atoms with Gasteiger partial charge in [0.25, 0.3) is 0 Å². The molecule has 2 heterocycles. The van der Waals surface area contributed by atoms with Crippen LogP contribution in [0.25, 0.3) is 11.3 Å². The molecule has 3 rings (SSSR count). The molecule has 0 amide bonds. The van der Waals surface area contributed by atoms with Gasteiger partial charge in [0.05, 0.1) is 6.20 Å². The minimum atomic E-state index is 0.785. The molecule has 2 aromatic rings. The van der Waals surface area contributed by atoms with E-state index < -0.39 is 0 Å². The fourth-order valence-electron chi connectivity index (χ4n) is 1.95. The number of nitrogens with one attached hydrogen (secondary N) is 1. The van der Waals surface area contributed by atoms with Crippen LogP contribution in [0.5, 0.6) is 0 Å². The zero-order valence-corrected chi connectivity index (χ0v) is 9.32. The lowest BCUT2D eigenvalue weighted by atomic mass is 10.0. The van der Waals surface area contributed by atoms with Gasteiger partial charge >= 0.3 is 0 Å². The van der Waals surface area contributed by atoms with Crippen LogP contribution in [-0.2, 0) is 6.54 Å². The van der Waals surface area contributed by atoms with Gasteiger partial charge in [-0.1, -0.05) is 5.16 Å². The third-order valence-corrected chi connectivity index (χ3v) is 2.88. The van der Waals surface area contributed by atoms with Crippen LogP contribution in [0.2, 0.25) is 0 Å². The van der Waals surface area contributed by atoms with E-state index in [0.29, 0.717) is 0 Å². The minimum absolute atomic E-state index is 0.785. The summed E-state index contributed by atoms with van der Waals surface area (Å²) in [6, 6.07) is 6.29. The highest BCUT2D eigenvalue weighted by atomic mass is 16.5. The first-order chi connectivity index (χ1) is 7.75. The summed E-state index contributed by atoms with van der Waals surface area (Å²) in [5.74, 6) is 0.887. The van der Waals surface area contributed by atoms with E-state index in [0.717, 1.165) is 34.8 Å². The Bertz CT molecular complexity index is 531. The van der Waals surface area contributed by atoms with E-state index >= 15 is 0 Å². The average Bonchev–Trinajstić information content (AvgIpc) is 2.76. The van der Waals surface area contributed by atoms with Gasteiger partial charge in [-0.05, 0) is 18.2 Å². The van der Waals surface area contributed by atoms with E-state index in [1.807, 2.05) is 14.1 Å². The standard InChI is InChI=1S/C12H13N3O/c1-15(2)9-3-4-11-10(5-9)12-8(6-13-11)7-14-16-12/h3-5,7,13H,6H2,1-2H3. The number of fused-ring (bicyclic) bond motifs is 3. The quantitative estimate of drug-likeness (QED) is 0.792. The van der Waals surface area contributed by atoms with Gasteiger partial charge in [0.15, 0.2) is 5.76 Å². The Balaban J connectivity index is 2.18. The van der Waals surface area contributed by atoms with Crippen LogP contribution in [-0.4, -0.2) is 19.3 Å². The Morgan fingerprint density at radius 1 is 1.38 bits per heavy atom. The molecule has 0 bridgehead atoms. The first-order valence-corrected chi connectivity index (χ1v) is 5.25. The van der Waals surface area contributed by atoms with Gasteiger partial charge in [0.1, 0.15) is 0 Å². The second kappa shape index (κ2) is 3.27. The van der Waals surface area contributed by atoms with E-state index in [9.17, 15) is 0 Å². The molecule has 0 saturated carbocycles. The van der Waals surface area contributed by atoms with Crippen molar-refractivity contribution >= 4 is 11.4 Å². The summed E-state index contributed by atoms with van der Waals surface area (Å²) in [6.45, 7) is 0.785. The third kappa shape index (κ3) is 1.26. The molecule has 1 aromatic heterocycles. The monoisotopic (exact) mass is 215 g/mol. The highest BCUT2D eigenvalue weighted by molar-refractivity contribution is 5.82. The largest absolute Gasteiger partial charge is 0.380 e. The van der Waals surface area contributed by atoms with Crippen molar-refractivity contribution in [3.63, 3.8) is 0 Å². The maximum absolute atomic E-state index is 5.31. The SMILES string of the molecule is CN(C)c1ccc2c(c1)-c1oncc1CN2. The highest BCUT2D eigenvalue weighted by Crippen LogP contribution is 2.37. The molecule has 0 spiro atoms. The Kier molecular flexibility index (Phi) is 1.89. The molecular weight excluding hydrogens is 202 g/mol. The van der Waals surface area contributed by atoms with E-state index in [1.54, 1.807) is 6.20 Å². The summed E-state index contributed by atoms with van der Waals surface area (Å²) in [6.07, 6.45) is 1.77. The van der Waals surface area contributed by atoms with E-state index in [-0.39, 0.29) is 0 Å². The van der Waals surface area contributed by atoms with Crippen molar-refractivity contribution in [3.05, 3.63) is 30.0 Å². The van der Waals surface area contributed by atoms with Crippen LogP contribution < -0.4 is 10.2 Å². The number of aromatic nitrogens is 1. The van der Waals surface area contributed by atoms with Crippen LogP contribution in [0, 0.1) is 0 Å². The number of benzene rings is 1. The van der Waals surface area contributed by atoms with Crippen molar-refractivity contribution in [1.82, 2.24) is 5.16 Å². The molecule has 4 heteroatoms. The fourth-order valence-corrected chi connectivity index (χ4v) is 1.95. The summed E-state index contributed by atoms with van der Waals surface area (Å²) in [7, 11) is 4.05. The highest BCUT2D eigenvalue weighted by Gasteiger charge is 2.20. The number of nitrogens with zero attached hydrogens (tertiary/aromatic N) is 2. The lowest BCUT2D eigenvalue weighted by molar-refractivity contribution is 0.431. The van der Waals surface area contributed by atoms with E-state index in [2.05, 4.69) is 33.6 Å². The Labute approximate surface area is 93.9 Å². The molecule has 1 N–H and O–H groups in total. The lowest BCUT2D eigenvalue weighted by Gasteiger charge is -2.19. The molecule has 0 aliphatic carbocycles. The molecule has 1 aliphatic heterocycles. The normalized spacial score (nSPS) is 12.6. The Morgan fingerprint density at radius 3 is 3.06 bits per heavy atom. The topological polar surface area (TPSA) is 41.3 Å². The second-order valence-electron chi connectivity index (χ2n) is 4.16. The average molecular weight is 215 g/mol. The molecule has 0 atom stereocenters. The van der Waals surface area contributed by atoms with E-state index in [1.165, 1.54) is 0 Å². The molecule has 0 radical (unpaired) electrons. The van der Waals surface area contributed by atoms with Crippen molar-refractivity contribution in [2.75, 3.05) is 24.3 Å². The van der Waals surface area contributed by atoms with Crippen molar-refractivity contribution in [1.29, 1.82) is 0 Å².